The molecule has 9 heteroatoms. The van der Waals surface area contributed by atoms with Gasteiger partial charge in [-0.25, -0.2) is 12.8 Å². The first-order valence-corrected chi connectivity index (χ1v) is 9.61. The number of ether oxygens (including phenoxy) is 1. The van der Waals surface area contributed by atoms with Crippen molar-refractivity contribution in [1.82, 2.24) is 4.90 Å². The zero-order chi connectivity index (χ0) is 17.7. The first-order valence-electron chi connectivity index (χ1n) is 7.55. The van der Waals surface area contributed by atoms with Crippen LogP contribution in [0.15, 0.2) is 30.1 Å². The van der Waals surface area contributed by atoms with Gasteiger partial charge in [-0.3, -0.25) is 4.79 Å². The Kier molecular flexibility index (Phi) is 7.85. The fourth-order valence-electron chi connectivity index (χ4n) is 2.40. The molecule has 1 aromatic carbocycles. The van der Waals surface area contributed by atoms with Gasteiger partial charge in [-0.1, -0.05) is 0 Å². The Morgan fingerprint density at radius 2 is 2.16 bits per heavy atom. The molecule has 2 rings (SSSR count). The number of sulfone groups is 1. The van der Waals surface area contributed by atoms with E-state index in [9.17, 15) is 17.6 Å². The van der Waals surface area contributed by atoms with Gasteiger partial charge in [-0.05, 0) is 30.2 Å². The van der Waals surface area contributed by atoms with Crippen molar-refractivity contribution in [2.24, 2.45) is 5.73 Å². The smallest absolute Gasteiger partial charge is 0.254 e. The van der Waals surface area contributed by atoms with E-state index < -0.39 is 9.84 Å². The standard InChI is InChI=1S/C16H21FN2O4S.ClH/c1-24(21,22)7-6-19-5-4-13-8-14(2-3-15(13)16(19)20)23-11-12(9-17)10-18;/h2-3,8-9H,4-7,10-11,18H2,1H3;1H/b12-9+;. The summed E-state index contributed by atoms with van der Waals surface area (Å²) in [5.41, 5.74) is 7.10. The third-order valence-electron chi connectivity index (χ3n) is 3.82. The van der Waals surface area contributed by atoms with Crippen LogP contribution in [-0.4, -0.2) is 57.5 Å². The minimum absolute atomic E-state index is 0. The van der Waals surface area contributed by atoms with E-state index in [1.54, 1.807) is 23.1 Å². The Bertz CT molecular complexity index is 753. The highest BCUT2D eigenvalue weighted by Crippen LogP contribution is 2.24. The molecule has 6 nitrogen and oxygen atoms in total. The number of carbonyl (C=O) groups excluding carboxylic acids is 1. The van der Waals surface area contributed by atoms with Gasteiger partial charge in [0.05, 0.1) is 12.1 Å². The molecule has 0 unspecified atom stereocenters. The summed E-state index contributed by atoms with van der Waals surface area (Å²) in [6.07, 6.45) is 2.20. The van der Waals surface area contributed by atoms with Gasteiger partial charge in [-0.2, -0.15) is 0 Å². The highest BCUT2D eigenvalue weighted by molar-refractivity contribution is 7.90. The lowest BCUT2D eigenvalue weighted by Gasteiger charge is -2.28. The monoisotopic (exact) mass is 392 g/mol. The van der Waals surface area contributed by atoms with Crippen molar-refractivity contribution in [3.63, 3.8) is 0 Å². The molecule has 0 saturated carbocycles. The van der Waals surface area contributed by atoms with E-state index >= 15 is 0 Å². The molecule has 0 atom stereocenters. The number of nitrogens with zero attached hydrogens (tertiary/aromatic N) is 1. The van der Waals surface area contributed by atoms with Gasteiger partial charge in [0.2, 0.25) is 0 Å². The average molecular weight is 393 g/mol. The predicted molar refractivity (Wildman–Crippen MR) is 96.7 cm³/mol. The van der Waals surface area contributed by atoms with Crippen LogP contribution in [0.25, 0.3) is 0 Å². The second-order valence-electron chi connectivity index (χ2n) is 5.75. The summed E-state index contributed by atoms with van der Waals surface area (Å²) < 4.78 is 40.5. The van der Waals surface area contributed by atoms with Crippen molar-refractivity contribution in [2.75, 3.05) is 38.2 Å². The number of benzene rings is 1. The van der Waals surface area contributed by atoms with Crippen molar-refractivity contribution >= 4 is 28.2 Å². The van der Waals surface area contributed by atoms with Gasteiger partial charge < -0.3 is 15.4 Å². The van der Waals surface area contributed by atoms with Crippen LogP contribution in [0, 0.1) is 0 Å². The molecule has 25 heavy (non-hydrogen) atoms. The third kappa shape index (κ3) is 5.98. The normalized spacial score (nSPS) is 14.8. The predicted octanol–water partition coefficient (Wildman–Crippen LogP) is 1.34. The number of hydrogen-bond donors (Lipinski definition) is 1. The van der Waals surface area contributed by atoms with Crippen LogP contribution >= 0.6 is 12.4 Å². The average Bonchev–Trinajstić information content (AvgIpc) is 2.54. The molecule has 1 amide bonds. The molecule has 1 heterocycles. The molecule has 0 bridgehead atoms. The topological polar surface area (TPSA) is 89.7 Å². The lowest BCUT2D eigenvalue weighted by atomic mass is 9.99. The molecule has 140 valence electrons. The summed E-state index contributed by atoms with van der Waals surface area (Å²) in [5.74, 6) is 0.309. The zero-order valence-electron chi connectivity index (χ0n) is 13.9. The van der Waals surface area contributed by atoms with Gasteiger partial charge in [0, 0.05) is 37.0 Å². The summed E-state index contributed by atoms with van der Waals surface area (Å²) in [4.78, 5) is 14.0. The van der Waals surface area contributed by atoms with Crippen molar-refractivity contribution in [3.8, 4) is 5.75 Å². The van der Waals surface area contributed by atoms with E-state index in [4.69, 9.17) is 10.5 Å². The van der Waals surface area contributed by atoms with Gasteiger partial charge in [0.1, 0.15) is 22.2 Å². The molecular weight excluding hydrogens is 371 g/mol. The Morgan fingerprint density at radius 1 is 1.44 bits per heavy atom. The number of carbonyl (C=O) groups is 1. The maximum Gasteiger partial charge on any atom is 0.254 e. The summed E-state index contributed by atoms with van der Waals surface area (Å²) in [6.45, 7) is 0.787. The lowest BCUT2D eigenvalue weighted by molar-refractivity contribution is 0.0750. The van der Waals surface area contributed by atoms with Gasteiger partial charge >= 0.3 is 0 Å². The van der Waals surface area contributed by atoms with Crippen molar-refractivity contribution in [2.45, 2.75) is 6.42 Å². The molecule has 0 spiro atoms. The second-order valence-corrected chi connectivity index (χ2v) is 8.01. The van der Waals surface area contributed by atoms with Gasteiger partial charge in [0.25, 0.3) is 5.91 Å². The van der Waals surface area contributed by atoms with E-state index in [1.807, 2.05) is 0 Å². The molecule has 1 aliphatic heterocycles. The first-order chi connectivity index (χ1) is 11.3. The van der Waals surface area contributed by atoms with Crippen LogP contribution in [0.2, 0.25) is 0 Å². The van der Waals surface area contributed by atoms with Crippen LogP contribution in [0.1, 0.15) is 15.9 Å². The quantitative estimate of drug-likeness (QED) is 0.756. The summed E-state index contributed by atoms with van der Waals surface area (Å²) in [6, 6.07) is 5.05. The maximum atomic E-state index is 12.5. The van der Waals surface area contributed by atoms with E-state index in [0.717, 1.165) is 11.8 Å². The fourth-order valence-corrected chi connectivity index (χ4v) is 2.96. The SMILES string of the molecule is CS(=O)(=O)CCN1CCc2cc(OC/C(=C/F)CN)ccc2C1=O.Cl. The first kappa shape index (κ1) is 21.4. The zero-order valence-corrected chi connectivity index (χ0v) is 15.5. The Balaban J connectivity index is 0.00000312. The molecule has 0 aliphatic carbocycles. The van der Waals surface area contributed by atoms with E-state index in [0.29, 0.717) is 36.2 Å². The van der Waals surface area contributed by atoms with Crippen LogP contribution < -0.4 is 10.5 Å². The Labute approximate surface area is 153 Å². The summed E-state index contributed by atoms with van der Waals surface area (Å²) in [7, 11) is -3.11. The minimum atomic E-state index is -3.11. The molecule has 2 N–H and O–H groups in total. The largest absolute Gasteiger partial charge is 0.489 e. The van der Waals surface area contributed by atoms with E-state index in [-0.39, 0.29) is 43.8 Å². The highest BCUT2D eigenvalue weighted by Gasteiger charge is 2.25. The molecule has 0 fully saturated rings. The number of nitrogens with two attached hydrogens (primary N) is 1. The second kappa shape index (κ2) is 9.17. The lowest BCUT2D eigenvalue weighted by Crippen LogP contribution is -2.40. The van der Waals surface area contributed by atoms with E-state index in [2.05, 4.69) is 0 Å². The van der Waals surface area contributed by atoms with Crippen LogP contribution in [0.3, 0.4) is 0 Å². The number of fused-ring (bicyclic) bond motifs is 1. The molecule has 1 aromatic rings. The number of hydrogen-bond acceptors (Lipinski definition) is 5. The van der Waals surface area contributed by atoms with Gasteiger partial charge in [0.15, 0.2) is 0 Å². The van der Waals surface area contributed by atoms with Crippen LogP contribution in [-0.2, 0) is 16.3 Å². The van der Waals surface area contributed by atoms with Crippen LogP contribution in [0.5, 0.6) is 5.75 Å². The third-order valence-corrected chi connectivity index (χ3v) is 4.74. The van der Waals surface area contributed by atoms with Crippen molar-refractivity contribution < 1.29 is 22.3 Å². The fraction of sp³-hybridized carbons (Fsp3) is 0.438. The molecule has 1 aliphatic rings. The summed E-state index contributed by atoms with van der Waals surface area (Å²) in [5, 5.41) is 0. The minimum Gasteiger partial charge on any atom is -0.489 e. The summed E-state index contributed by atoms with van der Waals surface area (Å²) >= 11 is 0. The van der Waals surface area contributed by atoms with E-state index in [1.165, 1.54) is 0 Å². The molecular formula is C16H22ClFN2O4S. The number of amides is 1. The Morgan fingerprint density at radius 3 is 2.76 bits per heavy atom. The molecule has 0 aromatic heterocycles. The molecule has 0 radical (unpaired) electrons. The van der Waals surface area contributed by atoms with Crippen LogP contribution in [0.4, 0.5) is 4.39 Å². The van der Waals surface area contributed by atoms with Crippen molar-refractivity contribution in [3.05, 3.63) is 41.2 Å². The maximum absolute atomic E-state index is 12.5. The highest BCUT2D eigenvalue weighted by atomic mass is 35.5. The molecule has 0 saturated heterocycles. The van der Waals surface area contributed by atoms with Gasteiger partial charge in [-0.15, -0.1) is 12.4 Å². The Hall–Kier alpha value is -1.64. The number of halogens is 2. The van der Waals surface area contributed by atoms with Crippen molar-refractivity contribution in [1.29, 1.82) is 0 Å². The number of rotatable bonds is 7.